The fraction of sp³-hybridized carbons (Fsp3) is 0.231. The molecule has 3 rings (SSSR count). The number of hydrogen-bond donors (Lipinski definition) is 3. The summed E-state index contributed by atoms with van der Waals surface area (Å²) in [6.45, 7) is 5.52. The zero-order valence-electron chi connectivity index (χ0n) is 18.7. The van der Waals surface area contributed by atoms with Gasteiger partial charge in [-0.2, -0.15) is 0 Å². The Labute approximate surface area is 203 Å². The molecule has 0 aromatic heterocycles. The van der Waals surface area contributed by atoms with Gasteiger partial charge >= 0.3 is 5.97 Å². The molecule has 0 heterocycles. The van der Waals surface area contributed by atoms with E-state index < -0.39 is 17.9 Å². The van der Waals surface area contributed by atoms with Crippen LogP contribution in [0.15, 0.2) is 60.7 Å². The van der Waals surface area contributed by atoms with Crippen LogP contribution < -0.4 is 10.6 Å². The summed E-state index contributed by atoms with van der Waals surface area (Å²) in [6, 6.07) is 18.3. The Kier molecular flexibility index (Phi) is 8.01. The predicted molar refractivity (Wildman–Crippen MR) is 134 cm³/mol. The average Bonchev–Trinajstić information content (AvgIpc) is 2.79. The van der Waals surface area contributed by atoms with Crippen LogP contribution in [-0.2, 0) is 4.79 Å². The molecule has 3 aromatic rings. The highest BCUT2D eigenvalue weighted by Gasteiger charge is 2.18. The largest absolute Gasteiger partial charge is 0.480 e. The van der Waals surface area contributed by atoms with Crippen molar-refractivity contribution in [1.82, 2.24) is 5.32 Å². The highest BCUT2D eigenvalue weighted by atomic mass is 35.5. The summed E-state index contributed by atoms with van der Waals surface area (Å²) in [5.41, 5.74) is 5.18. The molecule has 0 fully saturated rings. The lowest BCUT2D eigenvalue weighted by Crippen LogP contribution is -2.38. The minimum atomic E-state index is -1.11. The monoisotopic (exact) mass is 484 g/mol. The average molecular weight is 485 g/mol. The van der Waals surface area contributed by atoms with E-state index in [0.29, 0.717) is 0 Å². The van der Waals surface area contributed by atoms with Crippen molar-refractivity contribution in [2.24, 2.45) is 0 Å². The van der Waals surface area contributed by atoms with Gasteiger partial charge < -0.3 is 15.7 Å². The minimum Gasteiger partial charge on any atom is -0.480 e. The first-order valence-electron chi connectivity index (χ1n) is 10.7. The van der Waals surface area contributed by atoms with E-state index in [4.69, 9.17) is 28.3 Å². The number of carbonyl (C=O) groups is 2. The molecule has 7 heteroatoms. The number of aryl methyl sites for hydroxylation is 1. The maximum atomic E-state index is 12.3. The predicted octanol–water partition coefficient (Wildman–Crippen LogP) is 6.73. The number of halogens is 2. The smallest absolute Gasteiger partial charge is 0.325 e. The van der Waals surface area contributed by atoms with Crippen LogP contribution in [0.4, 0.5) is 5.69 Å². The second-order valence-electron chi connectivity index (χ2n) is 7.92. The van der Waals surface area contributed by atoms with Crippen LogP contribution in [-0.4, -0.2) is 23.0 Å². The molecule has 2 atom stereocenters. The number of aliphatic carboxylic acids is 1. The third-order valence-corrected chi connectivity index (χ3v) is 6.20. The van der Waals surface area contributed by atoms with Crippen LogP contribution in [0, 0.1) is 6.92 Å². The maximum Gasteiger partial charge on any atom is 0.325 e. The minimum absolute atomic E-state index is 0.127. The van der Waals surface area contributed by atoms with Gasteiger partial charge in [-0.1, -0.05) is 60.5 Å². The Morgan fingerprint density at radius 2 is 1.70 bits per heavy atom. The zero-order chi connectivity index (χ0) is 24.1. The van der Waals surface area contributed by atoms with E-state index in [0.717, 1.165) is 33.8 Å². The van der Waals surface area contributed by atoms with Crippen molar-refractivity contribution in [1.29, 1.82) is 0 Å². The summed E-state index contributed by atoms with van der Waals surface area (Å²) in [6.07, 6.45) is 0.899. The maximum absolute atomic E-state index is 12.3. The van der Waals surface area contributed by atoms with Crippen molar-refractivity contribution >= 4 is 40.8 Å². The molecule has 172 valence electrons. The molecule has 0 bridgehead atoms. The lowest BCUT2D eigenvalue weighted by molar-refractivity contribution is -0.138. The quantitative estimate of drug-likeness (QED) is 0.330. The van der Waals surface area contributed by atoms with E-state index in [9.17, 15) is 9.59 Å². The van der Waals surface area contributed by atoms with E-state index in [2.05, 4.69) is 23.6 Å². The number of carboxylic acids is 1. The number of rotatable bonds is 8. The van der Waals surface area contributed by atoms with Gasteiger partial charge in [0.1, 0.15) is 6.04 Å². The zero-order valence-corrected chi connectivity index (χ0v) is 20.2. The van der Waals surface area contributed by atoms with Crippen LogP contribution in [0.25, 0.3) is 11.1 Å². The Morgan fingerprint density at radius 3 is 2.33 bits per heavy atom. The van der Waals surface area contributed by atoms with Crippen LogP contribution in [0.2, 0.25) is 10.0 Å². The number of nitrogens with one attached hydrogen (secondary N) is 2. The Hall–Kier alpha value is -3.02. The highest BCUT2D eigenvalue weighted by Crippen LogP contribution is 2.30. The number of amides is 1. The molecule has 33 heavy (non-hydrogen) atoms. The van der Waals surface area contributed by atoms with Crippen LogP contribution in [0.3, 0.4) is 0 Å². The number of anilines is 1. The molecule has 1 unspecified atom stereocenters. The standard InChI is InChI=1S/C26H26Cl2N2O3/c1-4-24(19-9-11-22(27)15(2)12-19)30-20-7-5-6-17(13-20)18-8-10-21(23(28)14-18)25(31)29-16(3)26(32)33/h5-14,16,24,30H,4H2,1-3H3,(H,29,31)(H,32,33)/t16-,24?/m0/s1. The number of carbonyl (C=O) groups excluding carboxylic acids is 1. The Balaban J connectivity index is 1.81. The molecule has 0 aliphatic rings. The van der Waals surface area contributed by atoms with E-state index in [1.165, 1.54) is 12.5 Å². The van der Waals surface area contributed by atoms with Crippen molar-refractivity contribution in [3.63, 3.8) is 0 Å². The lowest BCUT2D eigenvalue weighted by atomic mass is 10.0. The van der Waals surface area contributed by atoms with Crippen molar-refractivity contribution in [3.8, 4) is 11.1 Å². The molecular weight excluding hydrogens is 459 g/mol. The highest BCUT2D eigenvalue weighted by molar-refractivity contribution is 6.34. The summed E-state index contributed by atoms with van der Waals surface area (Å²) in [4.78, 5) is 23.3. The summed E-state index contributed by atoms with van der Waals surface area (Å²) in [7, 11) is 0. The van der Waals surface area contributed by atoms with E-state index in [-0.39, 0.29) is 16.6 Å². The normalized spacial score (nSPS) is 12.6. The van der Waals surface area contributed by atoms with Crippen molar-refractivity contribution in [2.75, 3.05) is 5.32 Å². The van der Waals surface area contributed by atoms with Crippen molar-refractivity contribution < 1.29 is 14.7 Å². The van der Waals surface area contributed by atoms with Gasteiger partial charge in [-0.05, 0) is 72.9 Å². The first-order chi connectivity index (χ1) is 15.7. The van der Waals surface area contributed by atoms with Gasteiger partial charge in [-0.25, -0.2) is 0 Å². The molecule has 1 amide bonds. The van der Waals surface area contributed by atoms with Crippen LogP contribution >= 0.6 is 23.2 Å². The molecule has 0 radical (unpaired) electrons. The SMILES string of the molecule is CCC(Nc1cccc(-c2ccc(C(=O)N[C@@H](C)C(=O)O)c(Cl)c2)c1)c1ccc(Cl)c(C)c1. The van der Waals surface area contributed by atoms with Gasteiger partial charge in [0.15, 0.2) is 0 Å². The molecule has 5 nitrogen and oxygen atoms in total. The molecule has 0 saturated carbocycles. The summed E-state index contributed by atoms with van der Waals surface area (Å²) in [5.74, 6) is -1.64. The molecule has 0 spiro atoms. The fourth-order valence-corrected chi connectivity index (χ4v) is 3.89. The molecule has 3 N–H and O–H groups in total. The van der Waals surface area contributed by atoms with Crippen LogP contribution in [0.1, 0.15) is 47.8 Å². The van der Waals surface area contributed by atoms with Gasteiger partial charge in [0.05, 0.1) is 16.6 Å². The topological polar surface area (TPSA) is 78.4 Å². The third-order valence-electron chi connectivity index (χ3n) is 5.46. The number of carboxylic acid groups (broad SMARTS) is 1. The van der Waals surface area contributed by atoms with E-state index in [1.807, 2.05) is 43.3 Å². The molecule has 3 aromatic carbocycles. The van der Waals surface area contributed by atoms with Gasteiger partial charge in [-0.3, -0.25) is 9.59 Å². The van der Waals surface area contributed by atoms with Gasteiger partial charge in [0.25, 0.3) is 5.91 Å². The van der Waals surface area contributed by atoms with Gasteiger partial charge in [-0.15, -0.1) is 0 Å². The molecule has 0 aliphatic heterocycles. The summed E-state index contributed by atoms with van der Waals surface area (Å²) < 4.78 is 0. The molecular formula is C26H26Cl2N2O3. The fourth-order valence-electron chi connectivity index (χ4n) is 3.51. The van der Waals surface area contributed by atoms with Gasteiger partial charge in [0, 0.05) is 10.7 Å². The number of benzene rings is 3. The molecule has 0 aliphatic carbocycles. The third kappa shape index (κ3) is 6.06. The van der Waals surface area contributed by atoms with E-state index in [1.54, 1.807) is 18.2 Å². The Morgan fingerprint density at radius 1 is 0.970 bits per heavy atom. The molecule has 0 saturated heterocycles. The summed E-state index contributed by atoms with van der Waals surface area (Å²) in [5, 5.41) is 16.0. The number of hydrogen-bond acceptors (Lipinski definition) is 3. The summed E-state index contributed by atoms with van der Waals surface area (Å²) >= 11 is 12.5. The lowest BCUT2D eigenvalue weighted by Gasteiger charge is -2.20. The van der Waals surface area contributed by atoms with Crippen LogP contribution in [0.5, 0.6) is 0 Å². The van der Waals surface area contributed by atoms with Crippen molar-refractivity contribution in [2.45, 2.75) is 39.3 Å². The first kappa shape index (κ1) is 24.6. The second kappa shape index (κ2) is 10.7. The Bertz CT molecular complexity index is 1180. The van der Waals surface area contributed by atoms with E-state index >= 15 is 0 Å². The van der Waals surface area contributed by atoms with Gasteiger partial charge in [0.2, 0.25) is 0 Å². The second-order valence-corrected chi connectivity index (χ2v) is 8.74. The van der Waals surface area contributed by atoms with Crippen molar-refractivity contribution in [3.05, 3.63) is 87.4 Å². The first-order valence-corrected chi connectivity index (χ1v) is 11.4.